The minimum atomic E-state index is -3.81. The third-order valence-corrected chi connectivity index (χ3v) is 16.9. The van der Waals surface area contributed by atoms with Crippen molar-refractivity contribution in [2.24, 2.45) is 5.92 Å². The highest BCUT2D eigenvalue weighted by molar-refractivity contribution is 7.91. The molecule has 4 atom stereocenters. The number of benzene rings is 1. The highest BCUT2D eigenvalue weighted by atomic mass is 32.2. The zero-order chi connectivity index (χ0) is 34.2. The fraction of sp³-hybridized carbons (Fsp3) is 0.676. The first-order valence-electron chi connectivity index (χ1n) is 17.0. The Morgan fingerprint density at radius 1 is 1.11 bits per heavy atom. The van der Waals surface area contributed by atoms with Gasteiger partial charge in [0, 0.05) is 32.0 Å². The van der Waals surface area contributed by atoms with Crippen LogP contribution in [0.15, 0.2) is 36.4 Å². The molecule has 2 saturated carbocycles. The molecule has 2 aliphatic carbocycles. The van der Waals surface area contributed by atoms with Crippen LogP contribution in [0.2, 0.25) is 18.1 Å². The summed E-state index contributed by atoms with van der Waals surface area (Å²) in [5.41, 5.74) is -0.436. The van der Waals surface area contributed by atoms with E-state index in [1.165, 1.54) is 0 Å². The van der Waals surface area contributed by atoms with Gasteiger partial charge in [-0.25, -0.2) is 13.2 Å². The predicted octanol–water partition coefficient (Wildman–Crippen LogP) is 4.70. The molecule has 2 aliphatic heterocycles. The van der Waals surface area contributed by atoms with Gasteiger partial charge in [-0.3, -0.25) is 14.3 Å². The van der Waals surface area contributed by atoms with E-state index < -0.39 is 47.0 Å². The molecule has 11 nitrogen and oxygen atoms in total. The number of nitrogens with one attached hydrogen (secondary N) is 2. The number of sulfonamides is 1. The number of carbonyl (C=O) groups excluding carboxylic acids is 3. The highest BCUT2D eigenvalue weighted by Crippen LogP contribution is 2.46. The standard InChI is InChI=1S/C34H52N4O7SSi/c1-33(2,3)47(5,6)45-27-20-29-30(39)35-34(31(40)36-46(42,43)28-17-18-28)21-25(34)12-10-8-7-9-11-19-37(32(41)38(29)23-27)22-24-13-15-26(44-4)16-14-24/h10,12-16,25,27-29H,7-9,11,17-23H2,1-6H3,(H,35,39)(H,36,40)/t25-,27-,29+,34-/m1/s1. The van der Waals surface area contributed by atoms with E-state index >= 15 is 0 Å². The topological polar surface area (TPSA) is 134 Å². The van der Waals surface area contributed by atoms with Crippen molar-refractivity contribution in [2.75, 3.05) is 20.2 Å². The predicted molar refractivity (Wildman–Crippen MR) is 183 cm³/mol. The third-order valence-electron chi connectivity index (χ3n) is 10.5. The van der Waals surface area contributed by atoms with E-state index in [4.69, 9.17) is 9.16 Å². The van der Waals surface area contributed by atoms with Crippen LogP contribution in [0.1, 0.15) is 77.7 Å². The van der Waals surface area contributed by atoms with Gasteiger partial charge < -0.3 is 24.3 Å². The Morgan fingerprint density at radius 3 is 2.45 bits per heavy atom. The second-order valence-electron chi connectivity index (χ2n) is 15.2. The Labute approximate surface area is 281 Å². The van der Waals surface area contributed by atoms with Crippen molar-refractivity contribution in [1.82, 2.24) is 19.8 Å². The lowest BCUT2D eigenvalue weighted by atomic mass is 10.1. The third kappa shape index (κ3) is 8.05. The molecule has 2 heterocycles. The number of hydrogen-bond donors (Lipinski definition) is 2. The monoisotopic (exact) mass is 688 g/mol. The first kappa shape index (κ1) is 35.4. The Balaban J connectivity index is 1.45. The summed E-state index contributed by atoms with van der Waals surface area (Å²) in [4.78, 5) is 45.7. The summed E-state index contributed by atoms with van der Waals surface area (Å²) in [6.07, 6.45) is 8.64. The van der Waals surface area contributed by atoms with E-state index in [2.05, 4.69) is 43.9 Å². The lowest BCUT2D eigenvalue weighted by Gasteiger charge is -2.38. The lowest BCUT2D eigenvalue weighted by molar-refractivity contribution is -0.131. The molecule has 0 unspecified atom stereocenters. The summed E-state index contributed by atoms with van der Waals surface area (Å²) in [7, 11) is -4.45. The summed E-state index contributed by atoms with van der Waals surface area (Å²) in [5.74, 6) is -0.771. The fourth-order valence-corrected chi connectivity index (χ4v) is 9.00. The number of carbonyl (C=O) groups is 3. The number of nitrogens with zero attached hydrogens (tertiary/aromatic N) is 2. The number of allylic oxidation sites excluding steroid dienone is 1. The normalized spacial score (nSPS) is 27.7. The smallest absolute Gasteiger partial charge is 0.321 e. The van der Waals surface area contributed by atoms with Crippen LogP contribution < -0.4 is 14.8 Å². The molecule has 1 aromatic carbocycles. The summed E-state index contributed by atoms with van der Waals surface area (Å²) >= 11 is 0. The Kier molecular flexibility index (Phi) is 10.2. The van der Waals surface area contributed by atoms with Gasteiger partial charge >= 0.3 is 6.03 Å². The van der Waals surface area contributed by atoms with Gasteiger partial charge in [-0.05, 0) is 74.4 Å². The molecule has 260 valence electrons. The van der Waals surface area contributed by atoms with Crippen molar-refractivity contribution in [3.63, 3.8) is 0 Å². The first-order chi connectivity index (χ1) is 22.1. The quantitative estimate of drug-likeness (QED) is 0.299. The molecule has 4 amide bonds. The first-order valence-corrected chi connectivity index (χ1v) is 21.4. The summed E-state index contributed by atoms with van der Waals surface area (Å²) in [6.45, 7) is 11.9. The van der Waals surface area contributed by atoms with Gasteiger partial charge in [0.25, 0.3) is 5.91 Å². The van der Waals surface area contributed by atoms with Gasteiger partial charge in [0.2, 0.25) is 15.9 Å². The Morgan fingerprint density at radius 2 is 1.81 bits per heavy atom. The maximum atomic E-state index is 14.5. The molecule has 3 fully saturated rings. The second-order valence-corrected chi connectivity index (χ2v) is 21.9. The van der Waals surface area contributed by atoms with Gasteiger partial charge in [-0.1, -0.05) is 51.5 Å². The van der Waals surface area contributed by atoms with E-state index in [0.29, 0.717) is 38.8 Å². The number of methoxy groups -OCH3 is 1. The highest BCUT2D eigenvalue weighted by Gasteiger charge is 2.62. The van der Waals surface area contributed by atoms with Crippen LogP contribution in [-0.2, 0) is 30.6 Å². The molecule has 0 aromatic heterocycles. The van der Waals surface area contributed by atoms with Crippen LogP contribution in [0.25, 0.3) is 0 Å². The van der Waals surface area contributed by atoms with Gasteiger partial charge in [0.15, 0.2) is 8.32 Å². The van der Waals surface area contributed by atoms with Gasteiger partial charge in [0.05, 0.1) is 18.5 Å². The van der Waals surface area contributed by atoms with Crippen molar-refractivity contribution in [1.29, 1.82) is 0 Å². The molecule has 1 saturated heterocycles. The van der Waals surface area contributed by atoms with Crippen molar-refractivity contribution >= 4 is 36.2 Å². The number of fused-ring (bicyclic) bond motifs is 2. The van der Waals surface area contributed by atoms with Crippen molar-refractivity contribution in [3.05, 3.63) is 42.0 Å². The van der Waals surface area contributed by atoms with Crippen molar-refractivity contribution < 1.29 is 32.0 Å². The minimum absolute atomic E-state index is 0.0703. The SMILES string of the molecule is COc1ccc(CN2CCCCCC=C[C@@H]3C[C@@]3(C(=O)NS(=O)(=O)C3CC3)NC(=O)[C@@H]3C[C@@H](O[Si](C)(C)C(C)(C)C)CN3C2=O)cc1. The average molecular weight is 689 g/mol. The molecule has 4 aliphatic rings. The Hall–Kier alpha value is -2.90. The van der Waals surface area contributed by atoms with Crippen LogP contribution in [0, 0.1) is 5.92 Å². The molecule has 5 rings (SSSR count). The minimum Gasteiger partial charge on any atom is -0.497 e. The van der Waals surface area contributed by atoms with Gasteiger partial charge in [-0.2, -0.15) is 0 Å². The number of urea groups is 1. The molecule has 0 bridgehead atoms. The average Bonchev–Trinajstić information content (AvgIpc) is 3.92. The summed E-state index contributed by atoms with van der Waals surface area (Å²) < 4.78 is 39.8. The van der Waals surface area contributed by atoms with E-state index in [-0.39, 0.29) is 29.6 Å². The number of ether oxygens (including phenoxy) is 1. The molecule has 47 heavy (non-hydrogen) atoms. The van der Waals surface area contributed by atoms with Crippen molar-refractivity contribution in [2.45, 2.75) is 120 Å². The van der Waals surface area contributed by atoms with E-state index in [0.717, 1.165) is 37.0 Å². The van der Waals surface area contributed by atoms with Crippen LogP contribution >= 0.6 is 0 Å². The largest absolute Gasteiger partial charge is 0.497 e. The second kappa shape index (κ2) is 13.5. The molecule has 0 spiro atoms. The summed E-state index contributed by atoms with van der Waals surface area (Å²) in [5, 5.41) is 2.33. The number of hydrogen-bond acceptors (Lipinski definition) is 7. The molecule has 0 radical (unpaired) electrons. The molecular weight excluding hydrogens is 637 g/mol. The van der Waals surface area contributed by atoms with Crippen LogP contribution in [0.4, 0.5) is 4.79 Å². The maximum absolute atomic E-state index is 14.5. The van der Waals surface area contributed by atoms with Crippen LogP contribution in [-0.4, -0.2) is 87.5 Å². The lowest BCUT2D eigenvalue weighted by Crippen LogP contribution is -2.57. The van der Waals surface area contributed by atoms with Crippen molar-refractivity contribution in [3.8, 4) is 5.75 Å². The zero-order valence-electron chi connectivity index (χ0n) is 28.7. The molecular formula is C34H52N4O7SSi. The molecule has 1 aromatic rings. The molecule has 13 heteroatoms. The van der Waals surface area contributed by atoms with E-state index in [1.54, 1.807) is 16.9 Å². The Bertz CT molecular complexity index is 1470. The van der Waals surface area contributed by atoms with Gasteiger partial charge in [0.1, 0.15) is 17.3 Å². The number of rotatable bonds is 8. The summed E-state index contributed by atoms with van der Waals surface area (Å²) in [6, 6.07) is 6.49. The van der Waals surface area contributed by atoms with Crippen LogP contribution in [0.3, 0.4) is 0 Å². The van der Waals surface area contributed by atoms with Gasteiger partial charge in [-0.15, -0.1) is 0 Å². The number of amides is 4. The van der Waals surface area contributed by atoms with Crippen LogP contribution in [0.5, 0.6) is 5.75 Å². The fourth-order valence-electron chi connectivity index (χ4n) is 6.28. The molecule has 2 N–H and O–H groups in total. The zero-order valence-corrected chi connectivity index (χ0v) is 30.5. The maximum Gasteiger partial charge on any atom is 0.321 e. The van der Waals surface area contributed by atoms with E-state index in [1.807, 2.05) is 36.4 Å². The van der Waals surface area contributed by atoms with E-state index in [9.17, 15) is 22.8 Å².